The number of ether oxygens (including phenoxy) is 1. The van der Waals surface area contributed by atoms with Gasteiger partial charge in [-0.25, -0.2) is 4.39 Å². The van der Waals surface area contributed by atoms with Gasteiger partial charge in [-0.3, -0.25) is 0 Å². The average Bonchev–Trinajstić information content (AvgIpc) is 2.47. The molecule has 0 bridgehead atoms. The van der Waals surface area contributed by atoms with Crippen LogP contribution in [-0.2, 0) is 6.54 Å². The van der Waals surface area contributed by atoms with Crippen LogP contribution in [-0.4, -0.2) is 24.4 Å². The van der Waals surface area contributed by atoms with E-state index in [0.29, 0.717) is 18.8 Å². The summed E-state index contributed by atoms with van der Waals surface area (Å²) in [6.07, 6.45) is -0.623. The Morgan fingerprint density at radius 3 is 2.67 bits per heavy atom. The third kappa shape index (κ3) is 5.83. The first-order chi connectivity index (χ1) is 10.1. The maximum Gasteiger partial charge on any atom is 0.123 e. The maximum absolute atomic E-state index is 12.7. The molecule has 2 N–H and O–H groups in total. The molecule has 21 heavy (non-hydrogen) atoms. The highest BCUT2D eigenvalue weighted by Crippen LogP contribution is 2.12. The Balaban J connectivity index is 1.67. The van der Waals surface area contributed by atoms with Crippen LogP contribution < -0.4 is 10.1 Å². The van der Waals surface area contributed by atoms with Crippen LogP contribution in [0.2, 0.25) is 0 Å². The summed E-state index contributed by atoms with van der Waals surface area (Å²) in [7, 11) is 0. The van der Waals surface area contributed by atoms with Crippen molar-refractivity contribution in [3.63, 3.8) is 0 Å². The fourth-order valence-electron chi connectivity index (χ4n) is 1.81. The maximum atomic E-state index is 12.7. The number of nitrogens with one attached hydrogen (secondary N) is 1. The van der Waals surface area contributed by atoms with E-state index in [0.717, 1.165) is 10.0 Å². The van der Waals surface area contributed by atoms with Crippen LogP contribution >= 0.6 is 15.9 Å². The lowest BCUT2D eigenvalue weighted by atomic mass is 10.2. The molecule has 0 aromatic heterocycles. The monoisotopic (exact) mass is 353 g/mol. The molecular formula is C16H17BrFNO2. The number of hydrogen-bond donors (Lipinski definition) is 2. The summed E-state index contributed by atoms with van der Waals surface area (Å²) in [5.74, 6) is 0.237. The van der Waals surface area contributed by atoms with Crippen LogP contribution in [0.3, 0.4) is 0 Å². The summed E-state index contributed by atoms with van der Waals surface area (Å²) in [5, 5.41) is 13.0. The van der Waals surface area contributed by atoms with Gasteiger partial charge in [-0.2, -0.15) is 0 Å². The van der Waals surface area contributed by atoms with Crippen LogP contribution in [0.5, 0.6) is 5.75 Å². The van der Waals surface area contributed by atoms with Gasteiger partial charge in [0.25, 0.3) is 0 Å². The van der Waals surface area contributed by atoms with Gasteiger partial charge in [0.15, 0.2) is 0 Å². The fourth-order valence-corrected chi connectivity index (χ4v) is 2.26. The minimum Gasteiger partial charge on any atom is -0.491 e. The molecule has 0 aliphatic carbocycles. The first-order valence-electron chi connectivity index (χ1n) is 6.65. The lowest BCUT2D eigenvalue weighted by Crippen LogP contribution is -2.31. The van der Waals surface area contributed by atoms with Gasteiger partial charge < -0.3 is 15.2 Å². The van der Waals surface area contributed by atoms with Crippen molar-refractivity contribution in [2.45, 2.75) is 12.6 Å². The molecular weight excluding hydrogens is 337 g/mol. The largest absolute Gasteiger partial charge is 0.491 e. The molecule has 0 saturated heterocycles. The molecule has 0 fully saturated rings. The quantitative estimate of drug-likeness (QED) is 0.803. The standard InChI is InChI=1S/C16H17BrFNO2/c17-13-3-1-2-12(8-13)9-19-10-15(20)11-21-16-6-4-14(18)5-7-16/h1-8,15,19-20H,9-11H2. The lowest BCUT2D eigenvalue weighted by molar-refractivity contribution is 0.106. The van der Waals surface area contributed by atoms with Gasteiger partial charge in [-0.15, -0.1) is 0 Å². The summed E-state index contributed by atoms with van der Waals surface area (Å²) in [5.41, 5.74) is 1.14. The first kappa shape index (κ1) is 15.9. The van der Waals surface area contributed by atoms with Crippen molar-refractivity contribution in [3.8, 4) is 5.75 Å². The van der Waals surface area contributed by atoms with Crippen molar-refractivity contribution >= 4 is 15.9 Å². The summed E-state index contributed by atoms with van der Waals surface area (Å²) in [6, 6.07) is 13.7. The van der Waals surface area contributed by atoms with E-state index in [9.17, 15) is 9.50 Å². The van der Waals surface area contributed by atoms with Crippen molar-refractivity contribution in [1.29, 1.82) is 0 Å². The summed E-state index contributed by atoms with van der Waals surface area (Å²) < 4.78 is 19.1. The SMILES string of the molecule is OC(CNCc1cccc(Br)c1)COc1ccc(F)cc1. The molecule has 2 rings (SSSR count). The molecule has 0 heterocycles. The van der Waals surface area contributed by atoms with Gasteiger partial charge in [-0.1, -0.05) is 28.1 Å². The minimum atomic E-state index is -0.623. The summed E-state index contributed by atoms with van der Waals surface area (Å²) in [4.78, 5) is 0. The Morgan fingerprint density at radius 1 is 1.19 bits per heavy atom. The number of halogens is 2. The Labute approximate surface area is 131 Å². The van der Waals surface area contributed by atoms with E-state index in [2.05, 4.69) is 21.2 Å². The molecule has 0 spiro atoms. The van der Waals surface area contributed by atoms with Crippen molar-refractivity contribution in [3.05, 3.63) is 64.4 Å². The van der Waals surface area contributed by atoms with E-state index in [1.165, 1.54) is 24.3 Å². The number of rotatable bonds is 7. The van der Waals surface area contributed by atoms with E-state index in [-0.39, 0.29) is 12.4 Å². The zero-order chi connectivity index (χ0) is 15.1. The Kier molecular flexibility index (Phi) is 6.17. The van der Waals surface area contributed by atoms with Crippen LogP contribution in [0.15, 0.2) is 53.0 Å². The predicted octanol–water partition coefficient (Wildman–Crippen LogP) is 3.12. The van der Waals surface area contributed by atoms with Crippen LogP contribution in [0, 0.1) is 5.82 Å². The normalized spacial score (nSPS) is 12.1. The number of aliphatic hydroxyl groups is 1. The summed E-state index contributed by atoms with van der Waals surface area (Å²) in [6.45, 7) is 1.26. The number of benzene rings is 2. The van der Waals surface area contributed by atoms with Gasteiger partial charge >= 0.3 is 0 Å². The van der Waals surface area contributed by atoms with Gasteiger partial charge in [0, 0.05) is 17.6 Å². The highest BCUT2D eigenvalue weighted by Gasteiger charge is 2.05. The molecule has 1 unspecified atom stereocenters. The zero-order valence-electron chi connectivity index (χ0n) is 11.4. The predicted molar refractivity (Wildman–Crippen MR) is 83.8 cm³/mol. The van der Waals surface area contributed by atoms with Gasteiger partial charge in [0.2, 0.25) is 0 Å². The van der Waals surface area contributed by atoms with Crippen molar-refractivity contribution in [2.75, 3.05) is 13.2 Å². The van der Waals surface area contributed by atoms with E-state index in [1.807, 2.05) is 24.3 Å². The van der Waals surface area contributed by atoms with Crippen LogP contribution in [0.25, 0.3) is 0 Å². The third-order valence-corrected chi connectivity index (χ3v) is 3.35. The van der Waals surface area contributed by atoms with E-state index >= 15 is 0 Å². The van der Waals surface area contributed by atoms with Gasteiger partial charge in [0.1, 0.15) is 24.3 Å². The van der Waals surface area contributed by atoms with E-state index < -0.39 is 6.10 Å². The Bertz CT molecular complexity index is 562. The number of aliphatic hydroxyl groups excluding tert-OH is 1. The van der Waals surface area contributed by atoms with Crippen molar-refractivity contribution in [1.82, 2.24) is 5.32 Å². The van der Waals surface area contributed by atoms with Gasteiger partial charge in [0.05, 0.1) is 0 Å². The van der Waals surface area contributed by atoms with Gasteiger partial charge in [-0.05, 0) is 42.0 Å². The molecule has 0 amide bonds. The highest BCUT2D eigenvalue weighted by atomic mass is 79.9. The smallest absolute Gasteiger partial charge is 0.123 e. The molecule has 2 aromatic carbocycles. The third-order valence-electron chi connectivity index (χ3n) is 2.85. The topological polar surface area (TPSA) is 41.5 Å². The highest BCUT2D eigenvalue weighted by molar-refractivity contribution is 9.10. The molecule has 112 valence electrons. The van der Waals surface area contributed by atoms with E-state index in [1.54, 1.807) is 0 Å². The van der Waals surface area contributed by atoms with Crippen molar-refractivity contribution in [2.24, 2.45) is 0 Å². The minimum absolute atomic E-state index is 0.164. The molecule has 0 aliphatic rings. The van der Waals surface area contributed by atoms with Crippen LogP contribution in [0.4, 0.5) is 4.39 Å². The molecule has 0 radical (unpaired) electrons. The second-order valence-electron chi connectivity index (χ2n) is 4.68. The van der Waals surface area contributed by atoms with E-state index in [4.69, 9.17) is 4.74 Å². The fraction of sp³-hybridized carbons (Fsp3) is 0.250. The molecule has 0 aliphatic heterocycles. The first-order valence-corrected chi connectivity index (χ1v) is 7.44. The molecule has 5 heteroatoms. The second kappa shape index (κ2) is 8.12. The average molecular weight is 354 g/mol. The number of hydrogen-bond acceptors (Lipinski definition) is 3. The molecule has 1 atom stereocenters. The molecule has 0 saturated carbocycles. The Hall–Kier alpha value is -1.43. The van der Waals surface area contributed by atoms with Crippen molar-refractivity contribution < 1.29 is 14.2 Å². The Morgan fingerprint density at radius 2 is 1.95 bits per heavy atom. The lowest BCUT2D eigenvalue weighted by Gasteiger charge is -2.13. The second-order valence-corrected chi connectivity index (χ2v) is 5.60. The summed E-state index contributed by atoms with van der Waals surface area (Å²) >= 11 is 3.41. The molecule has 3 nitrogen and oxygen atoms in total. The molecule has 2 aromatic rings. The van der Waals surface area contributed by atoms with Crippen LogP contribution in [0.1, 0.15) is 5.56 Å². The zero-order valence-corrected chi connectivity index (χ0v) is 13.0.